The van der Waals surface area contributed by atoms with E-state index >= 15 is 0 Å². The second kappa shape index (κ2) is 5.28. The highest BCUT2D eigenvalue weighted by molar-refractivity contribution is 4.93. The quantitative estimate of drug-likeness (QED) is 0.745. The maximum Gasteiger partial charge on any atom is 0.0670 e. The molecule has 88 valence electrons. The first-order valence-corrected chi connectivity index (χ1v) is 6.31. The monoisotopic (exact) mass is 213 g/mol. The number of hydrogen-bond acceptors (Lipinski definition) is 3. The summed E-state index contributed by atoms with van der Waals surface area (Å²) in [5.41, 5.74) is -0.139. The Kier molecular flexibility index (Phi) is 4.00. The summed E-state index contributed by atoms with van der Waals surface area (Å²) < 4.78 is 5.50. The second-order valence-corrected chi connectivity index (χ2v) is 5.07. The van der Waals surface area contributed by atoms with Gasteiger partial charge in [-0.2, -0.15) is 0 Å². The van der Waals surface area contributed by atoms with Gasteiger partial charge in [-0.25, -0.2) is 0 Å². The molecule has 2 fully saturated rings. The topological polar surface area (TPSA) is 41.5 Å². The van der Waals surface area contributed by atoms with Gasteiger partial charge in [0.1, 0.15) is 0 Å². The molecule has 15 heavy (non-hydrogen) atoms. The molecule has 2 N–H and O–H groups in total. The fourth-order valence-corrected chi connectivity index (χ4v) is 2.82. The Balaban J connectivity index is 1.87. The Hall–Kier alpha value is -0.120. The standard InChI is InChI=1S/C12H23NO2/c14-9-12(7-4-8-15-10-12)13-11-5-2-1-3-6-11/h11,13-14H,1-10H2. The zero-order valence-electron chi connectivity index (χ0n) is 9.50. The minimum Gasteiger partial charge on any atom is -0.394 e. The van der Waals surface area contributed by atoms with E-state index in [9.17, 15) is 5.11 Å². The predicted molar refractivity (Wildman–Crippen MR) is 59.9 cm³/mol. The molecule has 2 rings (SSSR count). The Bertz CT molecular complexity index is 184. The van der Waals surface area contributed by atoms with Gasteiger partial charge in [-0.1, -0.05) is 19.3 Å². The first kappa shape index (κ1) is 11.4. The number of aliphatic hydroxyl groups excluding tert-OH is 1. The van der Waals surface area contributed by atoms with Crippen LogP contribution in [0.4, 0.5) is 0 Å². The van der Waals surface area contributed by atoms with Gasteiger partial charge >= 0.3 is 0 Å². The van der Waals surface area contributed by atoms with Crippen molar-refractivity contribution in [3.05, 3.63) is 0 Å². The van der Waals surface area contributed by atoms with E-state index < -0.39 is 0 Å². The molecule has 3 heteroatoms. The molecule has 3 nitrogen and oxygen atoms in total. The van der Waals surface area contributed by atoms with Crippen LogP contribution in [0, 0.1) is 0 Å². The van der Waals surface area contributed by atoms with Crippen LogP contribution in [-0.4, -0.2) is 36.5 Å². The van der Waals surface area contributed by atoms with Gasteiger partial charge in [0.25, 0.3) is 0 Å². The van der Waals surface area contributed by atoms with Crippen molar-refractivity contribution < 1.29 is 9.84 Å². The third-order valence-electron chi connectivity index (χ3n) is 3.74. The van der Waals surface area contributed by atoms with E-state index in [2.05, 4.69) is 5.32 Å². The highest BCUT2D eigenvalue weighted by Gasteiger charge is 2.34. The molecule has 1 aliphatic heterocycles. The van der Waals surface area contributed by atoms with Crippen LogP contribution in [0.3, 0.4) is 0 Å². The molecule has 1 atom stereocenters. The van der Waals surface area contributed by atoms with E-state index in [1.165, 1.54) is 32.1 Å². The molecule has 1 heterocycles. The average molecular weight is 213 g/mol. The van der Waals surface area contributed by atoms with Crippen LogP contribution >= 0.6 is 0 Å². The maximum absolute atomic E-state index is 9.53. The lowest BCUT2D eigenvalue weighted by molar-refractivity contribution is -0.0149. The molecule has 1 saturated carbocycles. The molecule has 0 aromatic rings. The van der Waals surface area contributed by atoms with E-state index in [-0.39, 0.29) is 12.1 Å². The Morgan fingerprint density at radius 1 is 1.20 bits per heavy atom. The fraction of sp³-hybridized carbons (Fsp3) is 1.00. The van der Waals surface area contributed by atoms with Gasteiger partial charge in [-0.05, 0) is 25.7 Å². The maximum atomic E-state index is 9.53. The Morgan fingerprint density at radius 3 is 2.60 bits per heavy atom. The Labute approximate surface area is 92.2 Å². The lowest BCUT2D eigenvalue weighted by atomic mass is 9.88. The first-order chi connectivity index (χ1) is 7.35. The summed E-state index contributed by atoms with van der Waals surface area (Å²) in [4.78, 5) is 0. The molecule has 0 aromatic heterocycles. The van der Waals surface area contributed by atoms with Crippen LogP contribution in [0.5, 0.6) is 0 Å². The summed E-state index contributed by atoms with van der Waals surface area (Å²) in [5.74, 6) is 0. The van der Waals surface area contributed by atoms with Crippen LogP contribution in [0.25, 0.3) is 0 Å². The van der Waals surface area contributed by atoms with Gasteiger partial charge in [0.15, 0.2) is 0 Å². The minimum atomic E-state index is -0.139. The van der Waals surface area contributed by atoms with E-state index in [0.29, 0.717) is 12.6 Å². The third kappa shape index (κ3) is 2.92. The van der Waals surface area contributed by atoms with Crippen LogP contribution in [0.2, 0.25) is 0 Å². The third-order valence-corrected chi connectivity index (χ3v) is 3.74. The summed E-state index contributed by atoms with van der Waals surface area (Å²) in [7, 11) is 0. The molecule has 1 unspecified atom stereocenters. The van der Waals surface area contributed by atoms with E-state index in [1.807, 2.05) is 0 Å². The van der Waals surface area contributed by atoms with Gasteiger partial charge in [0, 0.05) is 12.6 Å². The fourth-order valence-electron chi connectivity index (χ4n) is 2.82. The largest absolute Gasteiger partial charge is 0.394 e. The molecule has 0 bridgehead atoms. The highest BCUT2D eigenvalue weighted by atomic mass is 16.5. The number of nitrogens with one attached hydrogen (secondary N) is 1. The van der Waals surface area contributed by atoms with Crippen molar-refractivity contribution in [3.63, 3.8) is 0 Å². The number of rotatable bonds is 3. The van der Waals surface area contributed by atoms with Crippen LogP contribution in [-0.2, 0) is 4.74 Å². The molecule has 1 saturated heterocycles. The molecule has 0 amide bonds. The van der Waals surface area contributed by atoms with Crippen molar-refractivity contribution in [2.24, 2.45) is 0 Å². The van der Waals surface area contributed by atoms with Crippen LogP contribution < -0.4 is 5.32 Å². The summed E-state index contributed by atoms with van der Waals surface area (Å²) >= 11 is 0. The molecule has 0 radical (unpaired) electrons. The lowest BCUT2D eigenvalue weighted by Gasteiger charge is -2.40. The van der Waals surface area contributed by atoms with Gasteiger partial charge in [0.2, 0.25) is 0 Å². The molecule has 2 aliphatic rings. The average Bonchev–Trinajstić information content (AvgIpc) is 2.32. The van der Waals surface area contributed by atoms with E-state index in [1.54, 1.807) is 0 Å². The summed E-state index contributed by atoms with van der Waals surface area (Å²) in [5, 5.41) is 13.2. The molecule has 1 aliphatic carbocycles. The summed E-state index contributed by atoms with van der Waals surface area (Å²) in [6.07, 6.45) is 8.70. The highest BCUT2D eigenvalue weighted by Crippen LogP contribution is 2.24. The number of ether oxygens (including phenoxy) is 1. The summed E-state index contributed by atoms with van der Waals surface area (Å²) in [6, 6.07) is 0.604. The van der Waals surface area contributed by atoms with Crippen LogP contribution in [0.1, 0.15) is 44.9 Å². The van der Waals surface area contributed by atoms with Gasteiger partial charge in [0.05, 0.1) is 18.8 Å². The first-order valence-electron chi connectivity index (χ1n) is 6.31. The van der Waals surface area contributed by atoms with Gasteiger partial charge < -0.3 is 15.2 Å². The molecular formula is C12H23NO2. The normalized spacial score (nSPS) is 34.2. The molecular weight excluding hydrogens is 190 g/mol. The van der Waals surface area contributed by atoms with E-state index in [4.69, 9.17) is 4.74 Å². The number of aliphatic hydroxyl groups is 1. The van der Waals surface area contributed by atoms with Crippen molar-refractivity contribution in [1.82, 2.24) is 5.32 Å². The van der Waals surface area contributed by atoms with Crippen molar-refractivity contribution in [3.8, 4) is 0 Å². The lowest BCUT2D eigenvalue weighted by Crippen LogP contribution is -2.58. The predicted octanol–water partition coefficient (Wildman–Crippen LogP) is 1.45. The minimum absolute atomic E-state index is 0.139. The summed E-state index contributed by atoms with van der Waals surface area (Å²) in [6.45, 7) is 1.75. The zero-order valence-corrected chi connectivity index (χ0v) is 9.50. The van der Waals surface area contributed by atoms with Gasteiger partial charge in [-0.15, -0.1) is 0 Å². The molecule has 0 aromatic carbocycles. The van der Waals surface area contributed by atoms with Crippen LogP contribution in [0.15, 0.2) is 0 Å². The number of hydrogen-bond donors (Lipinski definition) is 2. The second-order valence-electron chi connectivity index (χ2n) is 5.07. The SMILES string of the molecule is OCC1(NC2CCCCC2)CCCOC1. The van der Waals surface area contributed by atoms with Crippen molar-refractivity contribution in [2.75, 3.05) is 19.8 Å². The van der Waals surface area contributed by atoms with Crippen molar-refractivity contribution >= 4 is 0 Å². The van der Waals surface area contributed by atoms with Gasteiger partial charge in [-0.3, -0.25) is 0 Å². The smallest absolute Gasteiger partial charge is 0.0670 e. The van der Waals surface area contributed by atoms with Crippen molar-refractivity contribution in [2.45, 2.75) is 56.5 Å². The Morgan fingerprint density at radius 2 is 2.00 bits per heavy atom. The van der Waals surface area contributed by atoms with Crippen molar-refractivity contribution in [1.29, 1.82) is 0 Å². The van der Waals surface area contributed by atoms with E-state index in [0.717, 1.165) is 19.4 Å². The zero-order chi connectivity index (χ0) is 10.6. The molecule has 0 spiro atoms.